The van der Waals surface area contributed by atoms with Gasteiger partial charge in [-0.25, -0.2) is 0 Å². The lowest BCUT2D eigenvalue weighted by atomic mass is 10.4. The minimum absolute atomic E-state index is 1.41. The fourth-order valence-corrected chi connectivity index (χ4v) is 0.858. The molecule has 0 aromatic heterocycles. The van der Waals surface area contributed by atoms with Gasteiger partial charge < -0.3 is 4.74 Å². The Balaban J connectivity index is 5.02. The molecule has 16 heteroatoms. The molecule has 0 aromatic carbocycles. The van der Waals surface area contributed by atoms with Crippen LogP contribution in [0, 0.1) is 50.6 Å². The summed E-state index contributed by atoms with van der Waals surface area (Å²) in [5.74, 6) is -3.99. The van der Waals surface area contributed by atoms with Crippen LogP contribution in [-0.2, 0) is 4.74 Å². The first kappa shape index (κ1) is 17.0. The van der Waals surface area contributed by atoms with Crippen LogP contribution in [-0.4, -0.2) is 49.8 Å². The van der Waals surface area contributed by atoms with E-state index in [1.54, 1.807) is 0 Å². The molecule has 16 nitrogen and oxygen atoms in total. The molecule has 0 fully saturated rings. The molecule has 0 aliphatic heterocycles. The Morgan fingerprint density at radius 1 is 0.800 bits per heavy atom. The molecule has 0 unspecified atom stereocenters. The molecule has 0 aliphatic rings. The van der Waals surface area contributed by atoms with Gasteiger partial charge in [-0.2, -0.15) is 0 Å². The highest BCUT2D eigenvalue weighted by atomic mass is 16.7. The van der Waals surface area contributed by atoms with E-state index in [2.05, 4.69) is 4.74 Å². The Hall–Kier alpha value is -3.04. The number of ether oxygens (including phenoxy) is 1. The topological polar surface area (TPSA) is 225 Å². The van der Waals surface area contributed by atoms with Crippen molar-refractivity contribution in [2.24, 2.45) is 0 Å². The Morgan fingerprint density at radius 3 is 1.40 bits per heavy atom. The number of rotatable bonds is 9. The fraction of sp³-hybridized carbons (Fsp3) is 1.00. The Labute approximate surface area is 106 Å². The number of nitro groups is 5. The molecule has 0 rings (SSSR count). The minimum atomic E-state index is -3.99. The van der Waals surface area contributed by atoms with Crippen molar-refractivity contribution in [2.75, 3.05) is 13.2 Å². The molecular formula is C4H5N5O11. The van der Waals surface area contributed by atoms with Gasteiger partial charge >= 0.3 is 12.0 Å². The molecule has 0 radical (unpaired) electrons. The predicted octanol–water partition coefficient (Wildman–Crippen LogP) is -1.63. The van der Waals surface area contributed by atoms with Gasteiger partial charge in [-0.3, -0.25) is 50.6 Å². The first-order valence-electron chi connectivity index (χ1n) is 4.35. The number of hydrogen-bond acceptors (Lipinski definition) is 11. The smallest absolute Gasteiger partial charge is 0.345 e. The third-order valence-electron chi connectivity index (χ3n) is 1.93. The number of nitrogens with zero attached hydrogens (tertiary/aromatic N) is 5. The highest BCUT2D eigenvalue weighted by Gasteiger charge is 2.71. The van der Waals surface area contributed by atoms with Gasteiger partial charge in [-0.15, -0.1) is 0 Å². The summed E-state index contributed by atoms with van der Waals surface area (Å²) in [5.41, 5.74) is 0. The first-order chi connectivity index (χ1) is 9.07. The highest BCUT2D eigenvalue weighted by molar-refractivity contribution is 4.52. The van der Waals surface area contributed by atoms with E-state index in [0.717, 1.165) is 0 Å². The third-order valence-corrected chi connectivity index (χ3v) is 1.93. The SMILES string of the molecule is O=[N+]([O-])C(COCC([N+](=O)[O-])([N+](=O)[O-])[N+](=O)[O-])[N+](=O)[O-]. The van der Waals surface area contributed by atoms with E-state index in [4.69, 9.17) is 0 Å². The van der Waals surface area contributed by atoms with Crippen molar-refractivity contribution in [1.82, 2.24) is 0 Å². The van der Waals surface area contributed by atoms with Crippen molar-refractivity contribution >= 4 is 0 Å². The summed E-state index contributed by atoms with van der Waals surface area (Å²) in [4.78, 5) is 43.2. The Morgan fingerprint density at radius 2 is 1.15 bits per heavy atom. The maximum atomic E-state index is 10.4. The lowest BCUT2D eigenvalue weighted by molar-refractivity contribution is -0.970. The van der Waals surface area contributed by atoms with Crippen LogP contribution in [0.1, 0.15) is 0 Å². The quantitative estimate of drug-likeness (QED) is 0.266. The summed E-state index contributed by atoms with van der Waals surface area (Å²) in [6.45, 7) is -3.21. The molecule has 0 saturated carbocycles. The van der Waals surface area contributed by atoms with Crippen molar-refractivity contribution in [3.63, 3.8) is 0 Å². The molecule has 0 amide bonds. The maximum Gasteiger partial charge on any atom is 0.723 e. The first-order valence-corrected chi connectivity index (χ1v) is 4.35. The largest absolute Gasteiger partial charge is 0.723 e. The molecule has 0 saturated heterocycles. The monoisotopic (exact) mass is 299 g/mol. The van der Waals surface area contributed by atoms with E-state index in [9.17, 15) is 50.6 Å². The van der Waals surface area contributed by atoms with Gasteiger partial charge in [-0.1, -0.05) is 0 Å². The second-order valence-corrected chi connectivity index (χ2v) is 3.11. The standard InChI is InChI=1S/C4H5N5O11/c10-5(11)3(6(12)13)1-20-2-4(7(14)15,8(16)17)9(18)19/h3H,1-2H2. The van der Waals surface area contributed by atoms with Gasteiger partial charge in [0.1, 0.15) is 0 Å². The summed E-state index contributed by atoms with van der Waals surface area (Å²) < 4.78 is 4.06. The van der Waals surface area contributed by atoms with Gasteiger partial charge in [0.2, 0.25) is 0 Å². The Kier molecular flexibility index (Phi) is 5.28. The second-order valence-electron chi connectivity index (χ2n) is 3.11. The van der Waals surface area contributed by atoms with Crippen LogP contribution < -0.4 is 0 Å². The van der Waals surface area contributed by atoms with Gasteiger partial charge in [-0.05, 0) is 0 Å². The molecule has 0 heterocycles. The molecule has 112 valence electrons. The van der Waals surface area contributed by atoms with Crippen LogP contribution in [0.5, 0.6) is 0 Å². The molecule has 0 N–H and O–H groups in total. The lowest BCUT2D eigenvalue weighted by Crippen LogP contribution is -2.57. The van der Waals surface area contributed by atoms with E-state index < -0.39 is 49.8 Å². The molecular weight excluding hydrogens is 294 g/mol. The third kappa shape index (κ3) is 3.25. The van der Waals surface area contributed by atoms with Crippen LogP contribution in [0.15, 0.2) is 0 Å². The van der Waals surface area contributed by atoms with Gasteiger partial charge in [0.15, 0.2) is 21.4 Å². The zero-order valence-corrected chi connectivity index (χ0v) is 9.22. The zero-order chi connectivity index (χ0) is 16.1. The highest BCUT2D eigenvalue weighted by Crippen LogP contribution is 2.13. The van der Waals surface area contributed by atoms with Gasteiger partial charge in [0, 0.05) is 0 Å². The molecule has 0 aromatic rings. The van der Waals surface area contributed by atoms with Crippen LogP contribution in [0.4, 0.5) is 0 Å². The van der Waals surface area contributed by atoms with Crippen molar-refractivity contribution < 1.29 is 29.4 Å². The summed E-state index contributed by atoms with van der Waals surface area (Å²) >= 11 is 0. The van der Waals surface area contributed by atoms with E-state index in [0.29, 0.717) is 0 Å². The second kappa shape index (κ2) is 6.22. The van der Waals surface area contributed by atoms with Crippen molar-refractivity contribution in [2.45, 2.75) is 12.0 Å². The van der Waals surface area contributed by atoms with E-state index >= 15 is 0 Å². The zero-order valence-electron chi connectivity index (χ0n) is 9.22. The van der Waals surface area contributed by atoms with Crippen LogP contribution >= 0.6 is 0 Å². The summed E-state index contributed by atoms with van der Waals surface area (Å²) in [7, 11) is 0. The fourth-order valence-electron chi connectivity index (χ4n) is 0.858. The van der Waals surface area contributed by atoms with Gasteiger partial charge in [0.25, 0.3) is 6.61 Å². The maximum absolute atomic E-state index is 10.4. The molecule has 0 atom stereocenters. The molecule has 0 spiro atoms. The average molecular weight is 299 g/mol. The summed E-state index contributed by atoms with van der Waals surface area (Å²) in [6, 6.07) is 0. The minimum Gasteiger partial charge on any atom is -0.345 e. The van der Waals surface area contributed by atoms with E-state index in [1.807, 2.05) is 0 Å². The number of hydrogen-bond donors (Lipinski definition) is 0. The van der Waals surface area contributed by atoms with Crippen molar-refractivity contribution in [1.29, 1.82) is 0 Å². The van der Waals surface area contributed by atoms with Crippen molar-refractivity contribution in [3.05, 3.63) is 50.6 Å². The van der Waals surface area contributed by atoms with Crippen molar-refractivity contribution in [3.8, 4) is 0 Å². The molecule has 0 bridgehead atoms. The summed E-state index contributed by atoms with van der Waals surface area (Å²) in [6.07, 6.45) is -2.56. The molecule has 20 heavy (non-hydrogen) atoms. The normalized spacial score (nSPS) is 11.1. The van der Waals surface area contributed by atoms with Crippen LogP contribution in [0.2, 0.25) is 0 Å². The Bertz CT molecular complexity index is 410. The van der Waals surface area contributed by atoms with E-state index in [1.165, 1.54) is 0 Å². The van der Waals surface area contributed by atoms with Crippen LogP contribution in [0.3, 0.4) is 0 Å². The van der Waals surface area contributed by atoms with E-state index in [-0.39, 0.29) is 0 Å². The lowest BCUT2D eigenvalue weighted by Gasteiger charge is -2.09. The van der Waals surface area contributed by atoms with Gasteiger partial charge in [0.05, 0.1) is 9.85 Å². The summed E-state index contributed by atoms with van der Waals surface area (Å²) in [5, 5.41) is 51.6. The molecule has 0 aliphatic carbocycles. The predicted molar refractivity (Wildman–Crippen MR) is 52.3 cm³/mol. The van der Waals surface area contributed by atoms with Crippen LogP contribution in [0.25, 0.3) is 0 Å². The average Bonchev–Trinajstić information content (AvgIpc) is 2.26.